The molecule has 1 aliphatic heterocycles. The van der Waals surface area contributed by atoms with Gasteiger partial charge in [-0.05, 0) is 37.4 Å². The summed E-state index contributed by atoms with van der Waals surface area (Å²) >= 11 is 0. The number of nitrogens with zero attached hydrogens (tertiary/aromatic N) is 1. The van der Waals surface area contributed by atoms with E-state index in [4.69, 9.17) is 5.73 Å². The van der Waals surface area contributed by atoms with Crippen LogP contribution in [0.5, 0.6) is 0 Å². The summed E-state index contributed by atoms with van der Waals surface area (Å²) in [4.78, 5) is 14.5. The van der Waals surface area contributed by atoms with Gasteiger partial charge in [-0.15, -0.1) is 0 Å². The molecule has 1 saturated heterocycles. The maximum Gasteiger partial charge on any atom is 0.224 e. The average Bonchev–Trinajstić information content (AvgIpc) is 2.44. The van der Waals surface area contributed by atoms with Gasteiger partial charge in [-0.1, -0.05) is 25.1 Å². The molecule has 4 nitrogen and oxygen atoms in total. The highest BCUT2D eigenvalue weighted by molar-refractivity contribution is 5.80. The summed E-state index contributed by atoms with van der Waals surface area (Å²) in [6, 6.07) is 7.88. The molecule has 0 aliphatic carbocycles. The molecule has 20 heavy (non-hydrogen) atoms. The normalized spacial score (nSPS) is 17.1. The molecule has 1 aromatic carbocycles. The van der Waals surface area contributed by atoms with Crippen LogP contribution in [-0.4, -0.2) is 36.5 Å². The van der Waals surface area contributed by atoms with E-state index in [1.165, 1.54) is 13.0 Å². The lowest BCUT2D eigenvalue weighted by Crippen LogP contribution is -2.45. The van der Waals surface area contributed by atoms with Crippen molar-refractivity contribution in [3.63, 3.8) is 0 Å². The quantitative estimate of drug-likeness (QED) is 0.806. The summed E-state index contributed by atoms with van der Waals surface area (Å²) in [5.74, 6) is 0.0804. The van der Waals surface area contributed by atoms with Gasteiger partial charge in [0.25, 0.3) is 0 Å². The van der Waals surface area contributed by atoms with Crippen LogP contribution in [0.15, 0.2) is 24.3 Å². The number of amides is 1. The zero-order chi connectivity index (χ0) is 14.4. The highest BCUT2D eigenvalue weighted by Crippen LogP contribution is 2.13. The number of nitrogens with one attached hydrogen (secondary N) is 1. The first kappa shape index (κ1) is 14.9. The number of benzene rings is 1. The third-order valence-corrected chi connectivity index (χ3v) is 3.90. The number of hydrogen-bond acceptors (Lipinski definition) is 3. The van der Waals surface area contributed by atoms with Crippen molar-refractivity contribution in [1.29, 1.82) is 0 Å². The predicted molar refractivity (Wildman–Crippen MR) is 82.5 cm³/mol. The van der Waals surface area contributed by atoms with Crippen LogP contribution in [0.3, 0.4) is 0 Å². The molecule has 0 saturated carbocycles. The third-order valence-electron chi connectivity index (χ3n) is 3.90. The number of rotatable bonds is 5. The minimum absolute atomic E-state index is 0.0804. The van der Waals surface area contributed by atoms with Crippen LogP contribution in [0, 0.1) is 0 Å². The predicted octanol–water partition coefficient (Wildman–Crippen LogP) is 1.80. The lowest BCUT2D eigenvalue weighted by atomic mass is 10.0. The summed E-state index contributed by atoms with van der Waals surface area (Å²) in [5, 5.41) is 3.14. The van der Waals surface area contributed by atoms with E-state index in [9.17, 15) is 4.79 Å². The second-order valence-corrected chi connectivity index (χ2v) is 5.56. The maximum atomic E-state index is 12.1. The van der Waals surface area contributed by atoms with Gasteiger partial charge in [-0.2, -0.15) is 0 Å². The lowest BCUT2D eigenvalue weighted by Gasteiger charge is -2.32. The van der Waals surface area contributed by atoms with Crippen LogP contribution < -0.4 is 11.1 Å². The topological polar surface area (TPSA) is 58.4 Å². The average molecular weight is 275 g/mol. The van der Waals surface area contributed by atoms with Crippen molar-refractivity contribution < 1.29 is 4.79 Å². The fourth-order valence-corrected chi connectivity index (χ4v) is 2.76. The first-order chi connectivity index (χ1) is 9.69. The number of para-hydroxylation sites is 1. The Balaban J connectivity index is 1.77. The molecule has 0 atom stereocenters. The van der Waals surface area contributed by atoms with Crippen LogP contribution in [0.4, 0.5) is 5.69 Å². The van der Waals surface area contributed by atoms with Gasteiger partial charge in [0, 0.05) is 24.8 Å². The first-order valence-corrected chi connectivity index (χ1v) is 7.54. The minimum atomic E-state index is 0.0804. The van der Waals surface area contributed by atoms with Crippen molar-refractivity contribution in [2.45, 2.75) is 38.6 Å². The fourth-order valence-electron chi connectivity index (χ4n) is 2.76. The van der Waals surface area contributed by atoms with Crippen LogP contribution in [-0.2, 0) is 11.2 Å². The number of hydrogen-bond donors (Lipinski definition) is 2. The summed E-state index contributed by atoms with van der Waals surface area (Å²) in [7, 11) is 0. The summed E-state index contributed by atoms with van der Waals surface area (Å²) < 4.78 is 0. The van der Waals surface area contributed by atoms with Gasteiger partial charge in [-0.3, -0.25) is 4.79 Å². The number of piperidine rings is 1. The Morgan fingerprint density at radius 3 is 2.70 bits per heavy atom. The molecular weight excluding hydrogens is 250 g/mol. The standard InChI is InChI=1S/C16H25N3O/c1-2-9-19-10-7-14(8-11-19)18-16(20)12-13-5-3-4-6-15(13)17/h3-6,14H,2,7-12,17H2,1H3,(H,18,20). The Hall–Kier alpha value is -1.55. The molecule has 1 aliphatic rings. The second-order valence-electron chi connectivity index (χ2n) is 5.56. The summed E-state index contributed by atoms with van der Waals surface area (Å²) in [6.45, 7) is 5.55. The second kappa shape index (κ2) is 7.29. The molecule has 1 heterocycles. The number of carbonyl (C=O) groups is 1. The zero-order valence-electron chi connectivity index (χ0n) is 12.3. The monoisotopic (exact) mass is 275 g/mol. The Kier molecular flexibility index (Phi) is 5.41. The van der Waals surface area contributed by atoms with Crippen LogP contribution >= 0.6 is 0 Å². The number of nitrogen functional groups attached to an aromatic ring is 1. The molecule has 3 N–H and O–H groups in total. The minimum Gasteiger partial charge on any atom is -0.398 e. The highest BCUT2D eigenvalue weighted by Gasteiger charge is 2.20. The lowest BCUT2D eigenvalue weighted by molar-refractivity contribution is -0.121. The van der Waals surface area contributed by atoms with Crippen molar-refractivity contribution in [1.82, 2.24) is 10.2 Å². The largest absolute Gasteiger partial charge is 0.398 e. The van der Waals surface area contributed by atoms with Gasteiger partial charge in [-0.25, -0.2) is 0 Å². The number of likely N-dealkylation sites (tertiary alicyclic amines) is 1. The SMILES string of the molecule is CCCN1CCC(NC(=O)Cc2ccccc2N)CC1. The van der Waals surface area contributed by atoms with E-state index in [0.29, 0.717) is 18.2 Å². The summed E-state index contributed by atoms with van der Waals surface area (Å²) in [5.41, 5.74) is 7.47. The fraction of sp³-hybridized carbons (Fsp3) is 0.562. The molecule has 1 fully saturated rings. The van der Waals surface area contributed by atoms with Crippen molar-refractivity contribution in [3.8, 4) is 0 Å². The van der Waals surface area contributed by atoms with E-state index >= 15 is 0 Å². The Morgan fingerprint density at radius 2 is 2.05 bits per heavy atom. The molecular formula is C16H25N3O. The van der Waals surface area contributed by atoms with Gasteiger partial charge in [0.2, 0.25) is 5.91 Å². The molecule has 2 rings (SSSR count). The van der Waals surface area contributed by atoms with E-state index in [2.05, 4.69) is 17.1 Å². The van der Waals surface area contributed by atoms with Gasteiger partial charge in [0.1, 0.15) is 0 Å². The number of nitrogens with two attached hydrogens (primary N) is 1. The van der Waals surface area contributed by atoms with Gasteiger partial charge in [0.15, 0.2) is 0 Å². The maximum absolute atomic E-state index is 12.1. The summed E-state index contributed by atoms with van der Waals surface area (Å²) in [6.07, 6.45) is 3.68. The Morgan fingerprint density at radius 1 is 1.35 bits per heavy atom. The Bertz CT molecular complexity index is 439. The molecule has 0 spiro atoms. The number of anilines is 1. The number of carbonyl (C=O) groups excluding carboxylic acids is 1. The molecule has 4 heteroatoms. The van der Waals surface area contributed by atoms with Crippen LogP contribution in [0.2, 0.25) is 0 Å². The van der Waals surface area contributed by atoms with E-state index in [1.54, 1.807) is 0 Å². The van der Waals surface area contributed by atoms with E-state index in [0.717, 1.165) is 31.5 Å². The molecule has 0 unspecified atom stereocenters. The third kappa shape index (κ3) is 4.23. The molecule has 1 amide bonds. The highest BCUT2D eigenvalue weighted by atomic mass is 16.1. The van der Waals surface area contributed by atoms with Crippen molar-refractivity contribution in [2.24, 2.45) is 0 Å². The van der Waals surface area contributed by atoms with Gasteiger partial charge in [0.05, 0.1) is 6.42 Å². The molecule has 0 bridgehead atoms. The van der Waals surface area contributed by atoms with Crippen molar-refractivity contribution in [3.05, 3.63) is 29.8 Å². The zero-order valence-corrected chi connectivity index (χ0v) is 12.3. The molecule has 0 radical (unpaired) electrons. The van der Waals surface area contributed by atoms with Crippen LogP contribution in [0.1, 0.15) is 31.7 Å². The van der Waals surface area contributed by atoms with Crippen molar-refractivity contribution in [2.75, 3.05) is 25.4 Å². The van der Waals surface area contributed by atoms with Gasteiger partial charge < -0.3 is 16.0 Å². The van der Waals surface area contributed by atoms with Crippen molar-refractivity contribution >= 4 is 11.6 Å². The smallest absolute Gasteiger partial charge is 0.224 e. The van der Waals surface area contributed by atoms with E-state index < -0.39 is 0 Å². The molecule has 110 valence electrons. The van der Waals surface area contributed by atoms with E-state index in [-0.39, 0.29) is 5.91 Å². The molecule has 0 aromatic heterocycles. The first-order valence-electron chi connectivity index (χ1n) is 7.54. The molecule has 1 aromatic rings. The Labute approximate surface area is 121 Å². The van der Waals surface area contributed by atoms with Crippen LogP contribution in [0.25, 0.3) is 0 Å². The van der Waals surface area contributed by atoms with Gasteiger partial charge >= 0.3 is 0 Å². The van der Waals surface area contributed by atoms with E-state index in [1.807, 2.05) is 24.3 Å².